The minimum atomic E-state index is 0.207. The number of phenolic OH excluding ortho intramolecular Hbond substituents is 1. The minimum Gasteiger partial charge on any atom is -0.508 e. The van der Waals surface area contributed by atoms with Crippen molar-refractivity contribution in [1.29, 1.82) is 0 Å². The van der Waals surface area contributed by atoms with Crippen molar-refractivity contribution < 1.29 is 14.3 Å². The van der Waals surface area contributed by atoms with Gasteiger partial charge in [-0.3, -0.25) is 0 Å². The van der Waals surface area contributed by atoms with Crippen molar-refractivity contribution >= 4 is 21.9 Å². The van der Waals surface area contributed by atoms with Crippen LogP contribution in [-0.4, -0.2) is 12.2 Å². The molecule has 0 aliphatic rings. The van der Waals surface area contributed by atoms with E-state index in [-0.39, 0.29) is 5.75 Å². The Morgan fingerprint density at radius 3 is 2.44 bits per heavy atom. The molecule has 1 aromatic heterocycles. The summed E-state index contributed by atoms with van der Waals surface area (Å²) in [6, 6.07) is 10.8. The molecule has 80 valence electrons. The second kappa shape index (κ2) is 3.17. The minimum absolute atomic E-state index is 0.207. The Morgan fingerprint density at radius 1 is 1.00 bits per heavy atom. The van der Waals surface area contributed by atoms with Crippen LogP contribution in [0.15, 0.2) is 40.8 Å². The summed E-state index contributed by atoms with van der Waals surface area (Å²) in [5.74, 6) is 0.967. The van der Waals surface area contributed by atoms with Crippen LogP contribution in [0.2, 0.25) is 0 Å². The number of furan rings is 1. The normalized spacial score (nSPS) is 11.1. The van der Waals surface area contributed by atoms with Crippen LogP contribution < -0.4 is 4.74 Å². The predicted molar refractivity (Wildman–Crippen MR) is 61.9 cm³/mol. The highest BCUT2D eigenvalue weighted by Gasteiger charge is 2.07. The zero-order chi connectivity index (χ0) is 11.1. The van der Waals surface area contributed by atoms with Crippen LogP contribution in [0.4, 0.5) is 0 Å². The fraction of sp³-hybridized carbons (Fsp3) is 0.0769. The molecule has 0 bridgehead atoms. The van der Waals surface area contributed by atoms with E-state index < -0.39 is 0 Å². The van der Waals surface area contributed by atoms with Gasteiger partial charge in [0.2, 0.25) is 0 Å². The van der Waals surface area contributed by atoms with Gasteiger partial charge in [0, 0.05) is 22.9 Å². The molecule has 0 saturated carbocycles. The molecule has 2 aromatic carbocycles. The number of ether oxygens (including phenoxy) is 1. The third-order valence-corrected chi connectivity index (χ3v) is 2.66. The molecule has 0 aliphatic carbocycles. The molecule has 16 heavy (non-hydrogen) atoms. The highest BCUT2D eigenvalue weighted by atomic mass is 16.5. The molecule has 1 heterocycles. The molecule has 0 atom stereocenters. The van der Waals surface area contributed by atoms with Crippen molar-refractivity contribution in [2.45, 2.75) is 0 Å². The Kier molecular flexibility index (Phi) is 1.80. The molecule has 0 radical (unpaired) electrons. The van der Waals surface area contributed by atoms with Crippen molar-refractivity contribution in [3.05, 3.63) is 36.4 Å². The molecule has 3 aromatic rings. The largest absolute Gasteiger partial charge is 0.508 e. The summed E-state index contributed by atoms with van der Waals surface area (Å²) in [5.41, 5.74) is 1.45. The first-order valence-corrected chi connectivity index (χ1v) is 4.97. The monoisotopic (exact) mass is 214 g/mol. The van der Waals surface area contributed by atoms with Gasteiger partial charge in [-0.05, 0) is 24.3 Å². The Balaban J connectivity index is 2.40. The highest BCUT2D eigenvalue weighted by Crippen LogP contribution is 2.32. The van der Waals surface area contributed by atoms with Crippen LogP contribution in [0.3, 0.4) is 0 Å². The van der Waals surface area contributed by atoms with Gasteiger partial charge in [-0.2, -0.15) is 0 Å². The molecule has 0 saturated heterocycles. The van der Waals surface area contributed by atoms with Crippen LogP contribution in [0, 0.1) is 0 Å². The number of rotatable bonds is 1. The number of methoxy groups -OCH3 is 1. The number of hydrogen-bond acceptors (Lipinski definition) is 3. The molecular weight excluding hydrogens is 204 g/mol. The lowest BCUT2D eigenvalue weighted by molar-refractivity contribution is 0.414. The predicted octanol–water partition coefficient (Wildman–Crippen LogP) is 3.30. The van der Waals surface area contributed by atoms with Gasteiger partial charge >= 0.3 is 0 Å². The van der Waals surface area contributed by atoms with Gasteiger partial charge in [0.1, 0.15) is 22.7 Å². The second-order valence-electron chi connectivity index (χ2n) is 3.64. The molecule has 3 nitrogen and oxygen atoms in total. The first-order chi connectivity index (χ1) is 7.78. The zero-order valence-electron chi connectivity index (χ0n) is 8.73. The summed E-state index contributed by atoms with van der Waals surface area (Å²) in [4.78, 5) is 0. The van der Waals surface area contributed by atoms with E-state index in [1.54, 1.807) is 19.2 Å². The quantitative estimate of drug-likeness (QED) is 0.675. The number of aromatic hydroxyl groups is 1. The molecule has 0 fully saturated rings. The van der Waals surface area contributed by atoms with E-state index in [9.17, 15) is 5.11 Å². The van der Waals surface area contributed by atoms with Crippen LogP contribution in [0.1, 0.15) is 0 Å². The maximum atomic E-state index is 9.37. The molecule has 3 rings (SSSR count). The number of fused-ring (bicyclic) bond motifs is 3. The summed E-state index contributed by atoms with van der Waals surface area (Å²) in [7, 11) is 1.62. The maximum absolute atomic E-state index is 9.37. The fourth-order valence-electron chi connectivity index (χ4n) is 1.87. The van der Waals surface area contributed by atoms with Gasteiger partial charge in [-0.15, -0.1) is 0 Å². The molecule has 0 spiro atoms. The van der Waals surface area contributed by atoms with Crippen molar-refractivity contribution in [2.24, 2.45) is 0 Å². The Morgan fingerprint density at radius 2 is 1.69 bits per heavy atom. The Labute approximate surface area is 91.9 Å². The second-order valence-corrected chi connectivity index (χ2v) is 3.64. The van der Waals surface area contributed by atoms with Crippen LogP contribution in [0.5, 0.6) is 11.5 Å². The van der Waals surface area contributed by atoms with Crippen LogP contribution in [-0.2, 0) is 0 Å². The topological polar surface area (TPSA) is 42.6 Å². The Bertz CT molecular complexity index is 667. The number of hydrogen-bond donors (Lipinski definition) is 1. The molecule has 0 amide bonds. The lowest BCUT2D eigenvalue weighted by Gasteiger charge is -1.97. The van der Waals surface area contributed by atoms with E-state index in [1.165, 1.54) is 0 Å². The lowest BCUT2D eigenvalue weighted by Crippen LogP contribution is -1.80. The first-order valence-electron chi connectivity index (χ1n) is 4.97. The molecule has 1 N–H and O–H groups in total. The van der Waals surface area contributed by atoms with Crippen LogP contribution in [0.25, 0.3) is 21.9 Å². The van der Waals surface area contributed by atoms with Gasteiger partial charge in [-0.1, -0.05) is 0 Å². The van der Waals surface area contributed by atoms with Gasteiger partial charge in [0.15, 0.2) is 0 Å². The number of phenols is 1. The first kappa shape index (κ1) is 9.09. The highest BCUT2D eigenvalue weighted by molar-refractivity contribution is 6.05. The average Bonchev–Trinajstić information content (AvgIpc) is 2.64. The summed E-state index contributed by atoms with van der Waals surface area (Å²) < 4.78 is 10.8. The van der Waals surface area contributed by atoms with Gasteiger partial charge in [-0.25, -0.2) is 0 Å². The van der Waals surface area contributed by atoms with E-state index in [2.05, 4.69) is 0 Å². The lowest BCUT2D eigenvalue weighted by atomic mass is 10.1. The van der Waals surface area contributed by atoms with Gasteiger partial charge in [0.25, 0.3) is 0 Å². The third kappa shape index (κ3) is 1.21. The Hall–Kier alpha value is -2.16. The van der Waals surface area contributed by atoms with Crippen molar-refractivity contribution in [2.75, 3.05) is 7.11 Å². The smallest absolute Gasteiger partial charge is 0.139 e. The summed E-state index contributed by atoms with van der Waals surface area (Å²) in [5, 5.41) is 11.4. The summed E-state index contributed by atoms with van der Waals surface area (Å²) >= 11 is 0. The summed E-state index contributed by atoms with van der Waals surface area (Å²) in [6.45, 7) is 0. The van der Waals surface area contributed by atoms with Gasteiger partial charge < -0.3 is 14.3 Å². The summed E-state index contributed by atoms with van der Waals surface area (Å²) in [6.07, 6.45) is 0. The molecule has 0 unspecified atom stereocenters. The van der Waals surface area contributed by atoms with Gasteiger partial charge in [0.05, 0.1) is 7.11 Å². The SMILES string of the molecule is COc1ccc2c(c1)oc1cc(O)ccc12. The van der Waals surface area contributed by atoms with E-state index in [0.29, 0.717) is 5.58 Å². The van der Waals surface area contributed by atoms with Crippen molar-refractivity contribution in [1.82, 2.24) is 0 Å². The van der Waals surface area contributed by atoms with Crippen molar-refractivity contribution in [3.63, 3.8) is 0 Å². The maximum Gasteiger partial charge on any atom is 0.139 e. The molecule has 3 heteroatoms. The fourth-order valence-corrected chi connectivity index (χ4v) is 1.87. The number of benzene rings is 2. The van der Waals surface area contributed by atoms with E-state index in [0.717, 1.165) is 22.1 Å². The van der Waals surface area contributed by atoms with E-state index >= 15 is 0 Å². The van der Waals surface area contributed by atoms with E-state index in [4.69, 9.17) is 9.15 Å². The third-order valence-electron chi connectivity index (χ3n) is 2.66. The zero-order valence-corrected chi connectivity index (χ0v) is 8.73. The van der Waals surface area contributed by atoms with E-state index in [1.807, 2.05) is 24.3 Å². The standard InChI is InChI=1S/C13H10O3/c1-15-9-3-5-11-10-4-2-8(14)6-12(10)16-13(11)7-9/h2-7,14H,1H3. The van der Waals surface area contributed by atoms with Crippen molar-refractivity contribution in [3.8, 4) is 11.5 Å². The van der Waals surface area contributed by atoms with Crippen LogP contribution >= 0.6 is 0 Å². The molecular formula is C13H10O3. The molecule has 0 aliphatic heterocycles. The average molecular weight is 214 g/mol.